The number of amides is 1. The number of ether oxygens (including phenoxy) is 1. The van der Waals surface area contributed by atoms with Crippen LogP contribution in [0.15, 0.2) is 42.9 Å². The third-order valence-electron chi connectivity index (χ3n) is 5.62. The predicted octanol–water partition coefficient (Wildman–Crippen LogP) is 4.14. The number of carbonyl (C=O) groups is 1. The summed E-state index contributed by atoms with van der Waals surface area (Å²) in [6.45, 7) is 4.82. The van der Waals surface area contributed by atoms with E-state index in [0.29, 0.717) is 17.0 Å². The minimum Gasteiger partial charge on any atom is -0.447 e. The first-order valence-electron chi connectivity index (χ1n) is 10.8. The molecule has 3 aromatic rings. The summed E-state index contributed by atoms with van der Waals surface area (Å²) in [7, 11) is 0. The van der Waals surface area contributed by atoms with E-state index in [-0.39, 0.29) is 23.9 Å². The molecule has 3 heterocycles. The van der Waals surface area contributed by atoms with Gasteiger partial charge in [0.25, 0.3) is 0 Å². The fourth-order valence-electron chi connectivity index (χ4n) is 3.74. The van der Waals surface area contributed by atoms with Crippen molar-refractivity contribution < 1.29 is 27.8 Å². The number of nitrogens with one attached hydrogen (secondary N) is 1. The average molecular weight is 488 g/mol. The molecule has 3 atom stereocenters. The lowest BCUT2D eigenvalue weighted by molar-refractivity contribution is -0.138. The molecule has 0 radical (unpaired) electrons. The van der Waals surface area contributed by atoms with Gasteiger partial charge >= 0.3 is 12.3 Å². The molecule has 4 rings (SSSR count). The zero-order valence-corrected chi connectivity index (χ0v) is 19.1. The van der Waals surface area contributed by atoms with Crippen molar-refractivity contribution in [2.75, 3.05) is 16.8 Å². The first kappa shape index (κ1) is 24.3. The van der Waals surface area contributed by atoms with Crippen molar-refractivity contribution in [3.05, 3.63) is 59.8 Å². The Bertz CT molecular complexity index is 1220. The molecule has 184 valence electrons. The molecule has 2 aromatic heterocycles. The molecule has 0 saturated carbocycles. The van der Waals surface area contributed by atoms with Crippen LogP contribution < -0.4 is 10.2 Å². The van der Waals surface area contributed by atoms with Gasteiger partial charge in [0.1, 0.15) is 24.3 Å². The number of nitrogens with zero attached hydrogens (tertiary/aromatic N) is 5. The molecule has 1 aliphatic heterocycles. The molecular weight excluding hydrogens is 465 g/mol. The summed E-state index contributed by atoms with van der Waals surface area (Å²) in [6, 6.07) is 4.44. The van der Waals surface area contributed by atoms with Crippen molar-refractivity contribution in [3.63, 3.8) is 0 Å². The van der Waals surface area contributed by atoms with Gasteiger partial charge in [-0.15, -0.1) is 0 Å². The molecule has 0 bridgehead atoms. The Balaban J connectivity index is 1.49. The second-order valence-corrected chi connectivity index (χ2v) is 8.22. The molecule has 0 aliphatic carbocycles. The highest BCUT2D eigenvalue weighted by Crippen LogP contribution is 2.34. The summed E-state index contributed by atoms with van der Waals surface area (Å²) >= 11 is 0. The Hall–Kier alpha value is -3.80. The molecule has 0 spiro atoms. The van der Waals surface area contributed by atoms with E-state index in [9.17, 15) is 23.1 Å². The molecule has 1 fully saturated rings. The lowest BCUT2D eigenvalue weighted by atomic mass is 10.0. The molecule has 1 unspecified atom stereocenters. The van der Waals surface area contributed by atoms with Crippen molar-refractivity contribution in [1.82, 2.24) is 19.9 Å². The van der Waals surface area contributed by atoms with Gasteiger partial charge in [-0.1, -0.05) is 12.1 Å². The molecule has 2 N–H and O–H groups in total. The largest absolute Gasteiger partial charge is 0.447 e. The number of rotatable bonds is 6. The monoisotopic (exact) mass is 488 g/mol. The van der Waals surface area contributed by atoms with Crippen LogP contribution in [0.5, 0.6) is 0 Å². The predicted molar refractivity (Wildman–Crippen MR) is 121 cm³/mol. The highest BCUT2D eigenvalue weighted by atomic mass is 19.4. The Labute approximate surface area is 199 Å². The van der Waals surface area contributed by atoms with Crippen LogP contribution in [-0.4, -0.2) is 49.9 Å². The molecule has 1 aliphatic rings. The lowest BCUT2D eigenvalue weighted by Gasteiger charge is -2.23. The number of aromatic nitrogens is 4. The molecule has 1 saturated heterocycles. The SMILES string of the molecule is Cc1cc(-c2cnc(C(C)Nc3nccc(N4C(=O)OC[C@@H]4[C@@H](C)O)n3)nc2)ccc1C(F)(F)F. The number of hydrogen-bond acceptors (Lipinski definition) is 8. The van der Waals surface area contributed by atoms with Gasteiger partial charge in [-0.3, -0.25) is 4.90 Å². The lowest BCUT2D eigenvalue weighted by Crippen LogP contribution is -2.41. The zero-order chi connectivity index (χ0) is 25.3. The van der Waals surface area contributed by atoms with Crippen LogP contribution in [0.1, 0.15) is 36.8 Å². The van der Waals surface area contributed by atoms with Crippen LogP contribution in [-0.2, 0) is 10.9 Å². The van der Waals surface area contributed by atoms with Gasteiger partial charge in [-0.05, 0) is 44.0 Å². The standard InChI is InChI=1S/C23H23F3N6O3/c1-12-8-15(4-5-17(12)23(24,25)26)16-9-28-20(29-10-16)13(2)30-21-27-7-6-19(31-21)32-18(14(3)33)11-35-22(32)34/h4-10,13-14,18,33H,11H2,1-3H3,(H,27,30,31)/t13?,14-,18-/m1/s1. The number of benzene rings is 1. The maximum absolute atomic E-state index is 13.0. The van der Waals surface area contributed by atoms with Crippen molar-refractivity contribution in [3.8, 4) is 11.1 Å². The number of cyclic esters (lactones) is 1. The number of hydrogen-bond donors (Lipinski definition) is 2. The van der Waals surface area contributed by atoms with Crippen molar-refractivity contribution in [1.29, 1.82) is 0 Å². The molecule has 1 amide bonds. The Morgan fingerprint density at radius 3 is 2.49 bits per heavy atom. The summed E-state index contributed by atoms with van der Waals surface area (Å²) in [5, 5.41) is 13.0. The van der Waals surface area contributed by atoms with E-state index < -0.39 is 36.0 Å². The number of halogens is 3. The number of alkyl halides is 3. The van der Waals surface area contributed by atoms with Crippen LogP contribution in [0.4, 0.5) is 29.7 Å². The summed E-state index contributed by atoms with van der Waals surface area (Å²) < 4.78 is 44.1. The van der Waals surface area contributed by atoms with Crippen molar-refractivity contribution in [2.24, 2.45) is 0 Å². The van der Waals surface area contributed by atoms with E-state index >= 15 is 0 Å². The van der Waals surface area contributed by atoms with Crippen LogP contribution in [0.2, 0.25) is 0 Å². The maximum Gasteiger partial charge on any atom is 0.416 e. The third kappa shape index (κ3) is 5.16. The van der Waals surface area contributed by atoms with E-state index in [1.165, 1.54) is 48.6 Å². The number of carbonyl (C=O) groups excluding carboxylic acids is 1. The molecule has 1 aromatic carbocycles. The first-order chi connectivity index (χ1) is 16.5. The zero-order valence-electron chi connectivity index (χ0n) is 19.1. The van der Waals surface area contributed by atoms with Gasteiger partial charge in [0.2, 0.25) is 5.95 Å². The highest BCUT2D eigenvalue weighted by molar-refractivity contribution is 5.89. The van der Waals surface area contributed by atoms with Gasteiger partial charge in [-0.25, -0.2) is 19.7 Å². The molecule has 35 heavy (non-hydrogen) atoms. The smallest absolute Gasteiger partial charge is 0.416 e. The van der Waals surface area contributed by atoms with Gasteiger partial charge in [0.15, 0.2) is 0 Å². The normalized spacial score (nSPS) is 17.7. The molecule has 12 heteroatoms. The fraction of sp³-hybridized carbons (Fsp3) is 0.348. The second-order valence-electron chi connectivity index (χ2n) is 8.22. The average Bonchev–Trinajstić information content (AvgIpc) is 3.20. The van der Waals surface area contributed by atoms with Crippen molar-refractivity contribution >= 4 is 17.9 Å². The van der Waals surface area contributed by atoms with Crippen LogP contribution >= 0.6 is 0 Å². The van der Waals surface area contributed by atoms with Crippen LogP contribution in [0, 0.1) is 6.92 Å². The van der Waals surface area contributed by atoms with Gasteiger partial charge in [-0.2, -0.15) is 18.2 Å². The summed E-state index contributed by atoms with van der Waals surface area (Å²) in [5.41, 5.74) is 0.586. The quantitative estimate of drug-likeness (QED) is 0.532. The van der Waals surface area contributed by atoms with Gasteiger partial charge in [0.05, 0.1) is 17.7 Å². The Kier molecular flexibility index (Phi) is 6.57. The van der Waals surface area contributed by atoms with Crippen LogP contribution in [0.3, 0.4) is 0 Å². The highest BCUT2D eigenvalue weighted by Gasteiger charge is 2.38. The van der Waals surface area contributed by atoms with E-state index in [4.69, 9.17) is 4.74 Å². The maximum atomic E-state index is 13.0. The van der Waals surface area contributed by atoms with E-state index in [2.05, 4.69) is 25.3 Å². The number of aliphatic hydroxyl groups is 1. The van der Waals surface area contributed by atoms with E-state index in [1.54, 1.807) is 13.8 Å². The fourth-order valence-corrected chi connectivity index (χ4v) is 3.74. The van der Waals surface area contributed by atoms with E-state index in [1.807, 2.05) is 0 Å². The number of aliphatic hydroxyl groups excluding tert-OH is 1. The second kappa shape index (κ2) is 9.45. The first-order valence-corrected chi connectivity index (χ1v) is 10.8. The van der Waals surface area contributed by atoms with Crippen molar-refractivity contribution in [2.45, 2.75) is 45.1 Å². The van der Waals surface area contributed by atoms with Gasteiger partial charge in [0, 0.05) is 24.2 Å². The topological polar surface area (TPSA) is 113 Å². The molecule has 9 nitrogen and oxygen atoms in total. The summed E-state index contributed by atoms with van der Waals surface area (Å²) in [4.78, 5) is 30.6. The van der Waals surface area contributed by atoms with Crippen LogP contribution in [0.25, 0.3) is 11.1 Å². The molecular formula is C23H23F3N6O3. The minimum atomic E-state index is -4.41. The summed E-state index contributed by atoms with van der Waals surface area (Å²) in [5.74, 6) is 0.899. The Morgan fingerprint density at radius 1 is 1.14 bits per heavy atom. The summed E-state index contributed by atoms with van der Waals surface area (Å²) in [6.07, 6.45) is -1.28. The number of aryl methyl sites for hydroxylation is 1. The van der Waals surface area contributed by atoms with E-state index in [0.717, 1.165) is 6.07 Å². The minimum absolute atomic E-state index is 0.0539. The number of anilines is 2. The Morgan fingerprint density at radius 2 is 1.86 bits per heavy atom. The van der Waals surface area contributed by atoms with Gasteiger partial charge < -0.3 is 15.2 Å². The third-order valence-corrected chi connectivity index (χ3v) is 5.62.